The van der Waals surface area contributed by atoms with E-state index >= 15 is 0 Å². The predicted octanol–water partition coefficient (Wildman–Crippen LogP) is 1.10. The first-order valence-corrected chi connectivity index (χ1v) is 4.78. The second-order valence-corrected chi connectivity index (χ2v) is 4.56. The molecule has 0 saturated heterocycles. The van der Waals surface area contributed by atoms with Gasteiger partial charge in [-0.05, 0) is 13.8 Å². The van der Waals surface area contributed by atoms with Crippen LogP contribution in [0.1, 0.15) is 25.2 Å². The molecule has 0 bridgehead atoms. The Hall–Kier alpha value is -1.03. The normalized spacial score (nSPS) is 12.1. The van der Waals surface area contributed by atoms with E-state index in [1.54, 1.807) is 0 Å². The molecule has 0 spiro atoms. The fourth-order valence-corrected chi connectivity index (χ4v) is 1.32. The molecule has 0 atom stereocenters. The van der Waals surface area contributed by atoms with Gasteiger partial charge < -0.3 is 10.8 Å². The summed E-state index contributed by atoms with van der Waals surface area (Å²) in [5.41, 5.74) is 8.24. The maximum atomic E-state index is 9.15. The Labute approximate surface area is 84.7 Å². The second kappa shape index (κ2) is 3.61. The van der Waals surface area contributed by atoms with E-state index in [9.17, 15) is 0 Å². The number of aliphatic hydroxyl groups is 1. The molecule has 14 heavy (non-hydrogen) atoms. The van der Waals surface area contributed by atoms with E-state index in [4.69, 9.17) is 10.8 Å². The quantitative estimate of drug-likeness (QED) is 0.762. The van der Waals surface area contributed by atoms with Crippen LogP contribution < -0.4 is 5.73 Å². The van der Waals surface area contributed by atoms with Crippen molar-refractivity contribution in [2.75, 3.05) is 12.3 Å². The molecule has 1 aromatic heterocycles. The van der Waals surface area contributed by atoms with Gasteiger partial charge in [0.25, 0.3) is 0 Å². The van der Waals surface area contributed by atoms with Crippen molar-refractivity contribution in [1.82, 2.24) is 9.78 Å². The van der Waals surface area contributed by atoms with E-state index < -0.39 is 0 Å². The molecule has 0 aliphatic heterocycles. The Morgan fingerprint density at radius 1 is 1.43 bits per heavy atom. The minimum absolute atomic E-state index is 0.144. The van der Waals surface area contributed by atoms with Gasteiger partial charge in [0.05, 0.1) is 17.1 Å². The van der Waals surface area contributed by atoms with Gasteiger partial charge in [-0.1, -0.05) is 13.8 Å². The smallest absolute Gasteiger partial charge is 0.0825 e. The molecule has 1 rings (SSSR count). The summed E-state index contributed by atoms with van der Waals surface area (Å²) < 4.78 is 1.86. The van der Waals surface area contributed by atoms with E-state index in [2.05, 4.69) is 5.10 Å². The molecular formula is C10H19N3O. The lowest BCUT2D eigenvalue weighted by Gasteiger charge is -2.22. The molecule has 0 aliphatic carbocycles. The summed E-state index contributed by atoms with van der Waals surface area (Å²) in [5, 5.41) is 13.5. The average molecular weight is 197 g/mol. The van der Waals surface area contributed by atoms with Gasteiger partial charge in [-0.15, -0.1) is 0 Å². The number of rotatable bonds is 3. The molecule has 3 N–H and O–H groups in total. The van der Waals surface area contributed by atoms with Crippen molar-refractivity contribution >= 4 is 5.69 Å². The summed E-state index contributed by atoms with van der Waals surface area (Å²) in [4.78, 5) is 0. The third-order valence-electron chi connectivity index (χ3n) is 2.44. The van der Waals surface area contributed by atoms with Crippen LogP contribution in [0, 0.1) is 19.3 Å². The number of hydrogen-bond acceptors (Lipinski definition) is 3. The van der Waals surface area contributed by atoms with Gasteiger partial charge in [0.2, 0.25) is 0 Å². The van der Waals surface area contributed by atoms with Crippen LogP contribution in [0.2, 0.25) is 0 Å². The van der Waals surface area contributed by atoms with Gasteiger partial charge in [0, 0.05) is 18.6 Å². The van der Waals surface area contributed by atoms with Crippen LogP contribution in [0.3, 0.4) is 0 Å². The molecular weight excluding hydrogens is 178 g/mol. The summed E-state index contributed by atoms with van der Waals surface area (Å²) in [7, 11) is 0. The number of anilines is 1. The zero-order chi connectivity index (χ0) is 10.9. The number of hydrogen-bond donors (Lipinski definition) is 2. The van der Waals surface area contributed by atoms with Crippen LogP contribution in [0.15, 0.2) is 0 Å². The highest BCUT2D eigenvalue weighted by atomic mass is 16.3. The van der Waals surface area contributed by atoms with Gasteiger partial charge in [-0.25, -0.2) is 0 Å². The summed E-state index contributed by atoms with van der Waals surface area (Å²) >= 11 is 0. The Morgan fingerprint density at radius 2 is 2.00 bits per heavy atom. The van der Waals surface area contributed by atoms with Crippen LogP contribution >= 0.6 is 0 Å². The third-order valence-corrected chi connectivity index (χ3v) is 2.44. The average Bonchev–Trinajstić information content (AvgIpc) is 2.33. The van der Waals surface area contributed by atoms with E-state index in [0.717, 1.165) is 17.1 Å². The first-order chi connectivity index (χ1) is 6.37. The zero-order valence-electron chi connectivity index (χ0n) is 9.33. The van der Waals surface area contributed by atoms with Gasteiger partial charge in [0.1, 0.15) is 0 Å². The van der Waals surface area contributed by atoms with Crippen LogP contribution in [0.4, 0.5) is 5.69 Å². The monoisotopic (exact) mass is 197 g/mol. The molecule has 0 fully saturated rings. The highest BCUT2D eigenvalue weighted by Gasteiger charge is 2.20. The second-order valence-electron chi connectivity index (χ2n) is 4.56. The summed E-state index contributed by atoms with van der Waals surface area (Å²) in [5.74, 6) is 0. The SMILES string of the molecule is Cc1nn(CC(C)(C)CO)c(C)c1N. The van der Waals surface area contributed by atoms with Gasteiger partial charge in [-0.3, -0.25) is 4.68 Å². The number of aliphatic hydroxyl groups excluding tert-OH is 1. The number of nitrogens with two attached hydrogens (primary N) is 1. The molecule has 0 unspecified atom stereocenters. The molecule has 0 amide bonds. The molecule has 4 heteroatoms. The van der Waals surface area contributed by atoms with E-state index in [0.29, 0.717) is 6.54 Å². The zero-order valence-corrected chi connectivity index (χ0v) is 9.33. The molecule has 0 saturated carbocycles. The van der Waals surface area contributed by atoms with E-state index in [1.807, 2.05) is 32.4 Å². The van der Waals surface area contributed by atoms with Crippen molar-refractivity contribution in [3.05, 3.63) is 11.4 Å². The molecule has 0 aliphatic rings. The molecule has 0 aromatic carbocycles. The fraction of sp³-hybridized carbons (Fsp3) is 0.700. The summed E-state index contributed by atoms with van der Waals surface area (Å²) in [6, 6.07) is 0. The lowest BCUT2D eigenvalue weighted by Crippen LogP contribution is -2.25. The van der Waals surface area contributed by atoms with Crippen molar-refractivity contribution in [1.29, 1.82) is 0 Å². The topological polar surface area (TPSA) is 64.1 Å². The highest BCUT2D eigenvalue weighted by Crippen LogP contribution is 2.21. The Balaban J connectivity index is 2.93. The number of nitrogens with zero attached hydrogens (tertiary/aromatic N) is 2. The van der Waals surface area contributed by atoms with Gasteiger partial charge in [0.15, 0.2) is 0 Å². The standard InChI is InChI=1S/C10H19N3O/c1-7-9(11)8(2)13(12-7)5-10(3,4)6-14/h14H,5-6,11H2,1-4H3. The minimum atomic E-state index is -0.157. The largest absolute Gasteiger partial charge is 0.396 e. The van der Waals surface area contributed by atoms with Crippen molar-refractivity contribution in [2.24, 2.45) is 5.41 Å². The van der Waals surface area contributed by atoms with Crippen molar-refractivity contribution in [3.63, 3.8) is 0 Å². The highest BCUT2D eigenvalue weighted by molar-refractivity contribution is 5.46. The molecule has 0 radical (unpaired) electrons. The molecule has 1 aromatic rings. The van der Waals surface area contributed by atoms with Crippen LogP contribution in [-0.2, 0) is 6.54 Å². The predicted molar refractivity (Wildman–Crippen MR) is 57.0 cm³/mol. The maximum absolute atomic E-state index is 9.15. The molecule has 80 valence electrons. The molecule has 1 heterocycles. The van der Waals surface area contributed by atoms with Gasteiger partial charge >= 0.3 is 0 Å². The Bertz CT molecular complexity index is 328. The Kier molecular flexibility index (Phi) is 2.85. The van der Waals surface area contributed by atoms with Gasteiger partial charge in [-0.2, -0.15) is 5.10 Å². The van der Waals surface area contributed by atoms with Crippen LogP contribution in [-0.4, -0.2) is 21.5 Å². The number of aryl methyl sites for hydroxylation is 1. The number of aromatic nitrogens is 2. The van der Waals surface area contributed by atoms with Crippen molar-refractivity contribution in [2.45, 2.75) is 34.2 Å². The van der Waals surface area contributed by atoms with Crippen LogP contribution in [0.5, 0.6) is 0 Å². The third kappa shape index (κ3) is 2.07. The molecule has 4 nitrogen and oxygen atoms in total. The lowest BCUT2D eigenvalue weighted by molar-refractivity contribution is 0.135. The number of nitrogen functional groups attached to an aromatic ring is 1. The maximum Gasteiger partial charge on any atom is 0.0825 e. The summed E-state index contributed by atoms with van der Waals surface area (Å²) in [6.45, 7) is 8.67. The first-order valence-electron chi connectivity index (χ1n) is 4.78. The lowest BCUT2D eigenvalue weighted by atomic mass is 9.95. The first kappa shape index (κ1) is 11.0. The van der Waals surface area contributed by atoms with E-state index in [1.165, 1.54) is 0 Å². The van der Waals surface area contributed by atoms with Crippen LogP contribution in [0.25, 0.3) is 0 Å². The Morgan fingerprint density at radius 3 is 2.36 bits per heavy atom. The minimum Gasteiger partial charge on any atom is -0.396 e. The fourth-order valence-electron chi connectivity index (χ4n) is 1.32. The van der Waals surface area contributed by atoms with Crippen molar-refractivity contribution < 1.29 is 5.11 Å². The summed E-state index contributed by atoms with van der Waals surface area (Å²) in [6.07, 6.45) is 0. The van der Waals surface area contributed by atoms with E-state index in [-0.39, 0.29) is 12.0 Å². The van der Waals surface area contributed by atoms with Crippen molar-refractivity contribution in [3.8, 4) is 0 Å².